The van der Waals surface area contributed by atoms with Gasteiger partial charge in [-0.3, -0.25) is 4.72 Å². The molecule has 0 aliphatic heterocycles. The van der Waals surface area contributed by atoms with Gasteiger partial charge < -0.3 is 4.74 Å². The Morgan fingerprint density at radius 1 is 0.941 bits per heavy atom. The van der Waals surface area contributed by atoms with Gasteiger partial charge >= 0.3 is 0 Å². The lowest BCUT2D eigenvalue weighted by Crippen LogP contribution is -2.13. The van der Waals surface area contributed by atoms with Gasteiger partial charge in [0.2, 0.25) is 5.88 Å². The minimum Gasteiger partial charge on any atom is -0.439 e. The van der Waals surface area contributed by atoms with Crippen LogP contribution in [0.25, 0.3) is 5.82 Å². The molecule has 0 aliphatic carbocycles. The number of ether oxygens (including phenoxy) is 1. The zero-order valence-corrected chi connectivity index (χ0v) is 21.0. The molecule has 8 nitrogen and oxygen atoms in total. The molecule has 0 saturated heterocycles. The summed E-state index contributed by atoms with van der Waals surface area (Å²) in [6.07, 6.45) is 0. The van der Waals surface area contributed by atoms with Crippen LogP contribution < -0.4 is 9.46 Å². The van der Waals surface area contributed by atoms with Crippen molar-refractivity contribution >= 4 is 27.3 Å². The first-order chi connectivity index (χ1) is 16.0. The molecule has 2 aromatic heterocycles. The number of aromatic nitrogens is 4. The van der Waals surface area contributed by atoms with E-state index >= 15 is 0 Å². The summed E-state index contributed by atoms with van der Waals surface area (Å²) in [5, 5.41) is 4.94. The molecule has 0 radical (unpaired) electrons. The molecule has 0 unspecified atom stereocenters. The number of nitrogens with zero attached hydrogens (tertiary/aromatic N) is 4. The van der Waals surface area contributed by atoms with E-state index in [1.54, 1.807) is 48.0 Å². The number of benzene rings is 2. The van der Waals surface area contributed by atoms with Gasteiger partial charge in [0.05, 0.1) is 10.6 Å². The van der Waals surface area contributed by atoms with Crippen molar-refractivity contribution in [1.29, 1.82) is 0 Å². The van der Waals surface area contributed by atoms with Crippen molar-refractivity contribution in [2.24, 2.45) is 0 Å². The fourth-order valence-electron chi connectivity index (χ4n) is 3.30. The molecule has 0 atom stereocenters. The smallest absolute Gasteiger partial charge is 0.261 e. The van der Waals surface area contributed by atoms with E-state index in [1.807, 2.05) is 27.7 Å². The molecule has 34 heavy (non-hydrogen) atoms. The summed E-state index contributed by atoms with van der Waals surface area (Å²) in [6.45, 7) is 9.55. The largest absolute Gasteiger partial charge is 0.439 e. The van der Waals surface area contributed by atoms with Crippen LogP contribution in [-0.2, 0) is 10.0 Å². The van der Waals surface area contributed by atoms with Crippen molar-refractivity contribution in [1.82, 2.24) is 19.7 Å². The second kappa shape index (κ2) is 9.08. The first-order valence-corrected chi connectivity index (χ1v) is 12.4. The van der Waals surface area contributed by atoms with Crippen LogP contribution in [0.4, 0.5) is 5.69 Å². The maximum Gasteiger partial charge on any atom is 0.261 e. The molecular weight excluding hydrogens is 474 g/mol. The Hall–Kier alpha value is -3.43. The minimum atomic E-state index is -3.78. The molecule has 1 N–H and O–H groups in total. The van der Waals surface area contributed by atoms with E-state index in [4.69, 9.17) is 16.3 Å². The number of aryl methyl sites for hydroxylation is 3. The number of hydrogen-bond acceptors (Lipinski definition) is 6. The van der Waals surface area contributed by atoms with Gasteiger partial charge in [0.1, 0.15) is 11.6 Å². The van der Waals surface area contributed by atoms with Gasteiger partial charge in [-0.05, 0) is 82.1 Å². The van der Waals surface area contributed by atoms with Crippen molar-refractivity contribution in [3.8, 4) is 17.4 Å². The second-order valence-corrected chi connectivity index (χ2v) is 10.1. The van der Waals surface area contributed by atoms with Crippen molar-refractivity contribution in [3.63, 3.8) is 0 Å². The number of halogens is 1. The fraction of sp³-hybridized carbons (Fsp3) is 0.208. The summed E-state index contributed by atoms with van der Waals surface area (Å²) >= 11 is 6.07. The van der Waals surface area contributed by atoms with Crippen molar-refractivity contribution < 1.29 is 13.2 Å². The van der Waals surface area contributed by atoms with E-state index in [0.717, 1.165) is 22.5 Å². The van der Waals surface area contributed by atoms with Crippen molar-refractivity contribution in [2.45, 2.75) is 39.5 Å². The summed E-state index contributed by atoms with van der Waals surface area (Å²) in [5.74, 6) is 2.00. The molecular formula is C24H24ClN5O3S. The monoisotopic (exact) mass is 497 g/mol. The summed E-state index contributed by atoms with van der Waals surface area (Å²) in [6, 6.07) is 12.9. The maximum absolute atomic E-state index is 12.7. The third-order valence-electron chi connectivity index (χ3n) is 5.45. The lowest BCUT2D eigenvalue weighted by atomic mass is 10.2. The Balaban J connectivity index is 1.53. The molecule has 0 spiro atoms. The average molecular weight is 498 g/mol. The summed E-state index contributed by atoms with van der Waals surface area (Å²) in [7, 11) is -3.78. The summed E-state index contributed by atoms with van der Waals surface area (Å²) < 4.78 is 35.6. The molecule has 0 aliphatic rings. The van der Waals surface area contributed by atoms with E-state index in [0.29, 0.717) is 34.0 Å². The molecule has 2 aromatic carbocycles. The maximum atomic E-state index is 12.7. The molecule has 0 saturated carbocycles. The third kappa shape index (κ3) is 4.90. The van der Waals surface area contributed by atoms with Gasteiger partial charge in [-0.1, -0.05) is 17.7 Å². The van der Waals surface area contributed by atoms with Crippen molar-refractivity contribution in [3.05, 3.63) is 81.9 Å². The topological polar surface area (TPSA) is 99.0 Å². The molecule has 0 bridgehead atoms. The van der Waals surface area contributed by atoms with E-state index < -0.39 is 10.0 Å². The predicted octanol–water partition coefficient (Wildman–Crippen LogP) is 5.45. The number of sulfonamides is 1. The summed E-state index contributed by atoms with van der Waals surface area (Å²) in [5.41, 5.74) is 4.22. The third-order valence-corrected chi connectivity index (χ3v) is 7.24. The molecule has 2 heterocycles. The van der Waals surface area contributed by atoms with Gasteiger partial charge in [0.25, 0.3) is 10.0 Å². The van der Waals surface area contributed by atoms with Crippen LogP contribution in [0.15, 0.2) is 53.4 Å². The Labute approximate surface area is 203 Å². The summed E-state index contributed by atoms with van der Waals surface area (Å²) in [4.78, 5) is 8.92. The highest BCUT2D eigenvalue weighted by Gasteiger charge is 2.16. The van der Waals surface area contributed by atoms with Gasteiger partial charge in [0, 0.05) is 22.5 Å². The highest BCUT2D eigenvalue weighted by atomic mass is 35.5. The van der Waals surface area contributed by atoms with Crippen LogP contribution in [0.5, 0.6) is 11.6 Å². The van der Waals surface area contributed by atoms with E-state index in [-0.39, 0.29) is 4.90 Å². The van der Waals surface area contributed by atoms with E-state index in [2.05, 4.69) is 19.8 Å². The molecule has 10 heteroatoms. The van der Waals surface area contributed by atoms with Crippen LogP contribution in [0.3, 0.4) is 0 Å². The quantitative estimate of drug-likeness (QED) is 0.380. The molecule has 176 valence electrons. The average Bonchev–Trinajstić information content (AvgIpc) is 3.03. The Bertz CT molecular complexity index is 1480. The number of nitrogens with one attached hydrogen (secondary N) is 1. The van der Waals surface area contributed by atoms with Gasteiger partial charge in [-0.25, -0.2) is 18.1 Å². The predicted molar refractivity (Wildman–Crippen MR) is 132 cm³/mol. The van der Waals surface area contributed by atoms with E-state index in [1.165, 1.54) is 12.1 Å². The van der Waals surface area contributed by atoms with Crippen LogP contribution in [0.2, 0.25) is 5.02 Å². The minimum absolute atomic E-state index is 0.0896. The lowest BCUT2D eigenvalue weighted by Gasteiger charge is -2.11. The molecule has 4 aromatic rings. The van der Waals surface area contributed by atoms with E-state index in [9.17, 15) is 8.42 Å². The Morgan fingerprint density at radius 3 is 2.26 bits per heavy atom. The highest BCUT2D eigenvalue weighted by molar-refractivity contribution is 7.92. The van der Waals surface area contributed by atoms with Gasteiger partial charge in [0.15, 0.2) is 5.82 Å². The van der Waals surface area contributed by atoms with Crippen molar-refractivity contribution in [2.75, 3.05) is 4.72 Å². The van der Waals surface area contributed by atoms with Crippen LogP contribution in [-0.4, -0.2) is 28.2 Å². The fourth-order valence-corrected chi connectivity index (χ4v) is 4.63. The van der Waals surface area contributed by atoms with Gasteiger partial charge in [-0.15, -0.1) is 0 Å². The Kier molecular flexibility index (Phi) is 6.33. The molecule has 4 rings (SSSR count). The Morgan fingerprint density at radius 2 is 1.65 bits per heavy atom. The van der Waals surface area contributed by atoms with Crippen LogP contribution >= 0.6 is 11.6 Å². The highest BCUT2D eigenvalue weighted by Crippen LogP contribution is 2.26. The lowest BCUT2D eigenvalue weighted by molar-refractivity contribution is 0.459. The van der Waals surface area contributed by atoms with Gasteiger partial charge in [-0.2, -0.15) is 10.1 Å². The SMILES string of the molecule is Cc1nc(Oc2ccc(NS(=O)(=O)c3ccc(C)c(Cl)c3)cc2)cc(-n2nc(C)c(C)c2C)n1. The van der Waals surface area contributed by atoms with Crippen LogP contribution in [0.1, 0.15) is 28.3 Å². The molecule has 0 amide bonds. The number of hydrogen-bond donors (Lipinski definition) is 1. The standard InChI is InChI=1S/C24H24ClN5O3S/c1-14-6-11-21(12-22(14)25)34(31,32)29-19-7-9-20(10-8-19)33-24-13-23(26-18(5)27-24)30-17(4)15(2)16(3)28-30/h6-13,29H,1-5H3. The number of rotatable bonds is 6. The first-order valence-electron chi connectivity index (χ1n) is 10.5. The normalized spacial score (nSPS) is 11.5. The molecule has 0 fully saturated rings. The van der Waals surface area contributed by atoms with Crippen LogP contribution in [0, 0.1) is 34.6 Å². The zero-order valence-electron chi connectivity index (χ0n) is 19.4. The second-order valence-electron chi connectivity index (χ2n) is 7.96. The zero-order chi connectivity index (χ0) is 24.6. The first kappa shape index (κ1) is 23.7. The number of anilines is 1.